The molecule has 1 N–H and O–H groups in total. The monoisotopic (exact) mass is 313 g/mol. The molecule has 0 saturated heterocycles. The van der Waals surface area contributed by atoms with Gasteiger partial charge in [0.2, 0.25) is 10.0 Å². The van der Waals surface area contributed by atoms with Gasteiger partial charge in [0.15, 0.2) is 0 Å². The van der Waals surface area contributed by atoms with Gasteiger partial charge in [-0.1, -0.05) is 44.2 Å². The Morgan fingerprint density at radius 2 is 1.81 bits per heavy atom. The maximum atomic E-state index is 12.5. The number of benzene rings is 1. The summed E-state index contributed by atoms with van der Waals surface area (Å²) in [5.74, 6) is -1.41. The predicted molar refractivity (Wildman–Crippen MR) is 82.7 cm³/mol. The smallest absolute Gasteiger partial charge is 0.318 e. The summed E-state index contributed by atoms with van der Waals surface area (Å²) in [6, 6.07) is 9.04. The first-order valence-corrected chi connectivity index (χ1v) is 8.65. The van der Waals surface area contributed by atoms with Crippen molar-refractivity contribution in [2.75, 3.05) is 12.3 Å². The van der Waals surface area contributed by atoms with Gasteiger partial charge in [0, 0.05) is 6.04 Å². The standard InChI is InChI=1S/C15H23NO4S/c1-4-13(3)16(10-15(17)18)21(19,20)11-12(2)14-8-6-5-7-9-14/h5-9,12-13H,4,10-11H2,1-3H3,(H,17,18). The zero-order chi connectivity index (χ0) is 16.0. The Bertz CT molecular complexity index is 556. The van der Waals surface area contributed by atoms with Gasteiger partial charge in [-0.2, -0.15) is 4.31 Å². The number of carboxylic acids is 1. The van der Waals surface area contributed by atoms with E-state index in [-0.39, 0.29) is 17.7 Å². The van der Waals surface area contributed by atoms with Gasteiger partial charge in [0.25, 0.3) is 0 Å². The Kier molecular flexibility index (Phi) is 6.36. The number of hydrogen-bond acceptors (Lipinski definition) is 3. The molecule has 0 bridgehead atoms. The number of nitrogens with zero attached hydrogens (tertiary/aromatic N) is 1. The van der Waals surface area contributed by atoms with Crippen LogP contribution in [0.5, 0.6) is 0 Å². The molecule has 1 aromatic rings. The second-order valence-corrected chi connectivity index (χ2v) is 7.25. The molecule has 2 unspecified atom stereocenters. The number of carbonyl (C=O) groups is 1. The van der Waals surface area contributed by atoms with Crippen molar-refractivity contribution >= 4 is 16.0 Å². The van der Waals surface area contributed by atoms with Crippen molar-refractivity contribution in [1.29, 1.82) is 0 Å². The summed E-state index contributed by atoms with van der Waals surface area (Å²) in [4.78, 5) is 10.9. The first kappa shape index (κ1) is 17.7. The van der Waals surface area contributed by atoms with E-state index >= 15 is 0 Å². The van der Waals surface area contributed by atoms with E-state index in [1.165, 1.54) is 0 Å². The summed E-state index contributed by atoms with van der Waals surface area (Å²) in [5.41, 5.74) is 0.931. The fraction of sp³-hybridized carbons (Fsp3) is 0.533. The van der Waals surface area contributed by atoms with Crippen LogP contribution in [0.15, 0.2) is 30.3 Å². The Balaban J connectivity index is 2.93. The fourth-order valence-electron chi connectivity index (χ4n) is 2.15. The van der Waals surface area contributed by atoms with Gasteiger partial charge in [0.1, 0.15) is 6.54 Å². The van der Waals surface area contributed by atoms with Crippen LogP contribution in [-0.4, -0.2) is 42.1 Å². The fourth-order valence-corrected chi connectivity index (χ4v) is 4.18. The normalized spacial score (nSPS) is 14.9. The zero-order valence-corrected chi connectivity index (χ0v) is 13.5. The van der Waals surface area contributed by atoms with Crippen molar-refractivity contribution < 1.29 is 18.3 Å². The second-order valence-electron chi connectivity index (χ2n) is 5.29. The zero-order valence-electron chi connectivity index (χ0n) is 12.7. The molecule has 5 nitrogen and oxygen atoms in total. The molecule has 0 radical (unpaired) electrons. The van der Waals surface area contributed by atoms with Crippen LogP contribution < -0.4 is 0 Å². The highest BCUT2D eigenvalue weighted by Gasteiger charge is 2.30. The molecule has 2 atom stereocenters. The van der Waals surface area contributed by atoms with E-state index in [0.29, 0.717) is 6.42 Å². The summed E-state index contributed by atoms with van der Waals surface area (Å²) in [6.45, 7) is 4.92. The van der Waals surface area contributed by atoms with Gasteiger partial charge in [0.05, 0.1) is 5.75 Å². The predicted octanol–water partition coefficient (Wildman–Crippen LogP) is 2.30. The molecule has 0 aromatic heterocycles. The number of carboxylic acid groups (broad SMARTS) is 1. The average molecular weight is 313 g/mol. The van der Waals surface area contributed by atoms with Gasteiger partial charge in [-0.05, 0) is 24.8 Å². The quantitative estimate of drug-likeness (QED) is 0.799. The minimum absolute atomic E-state index is 0.0887. The number of sulfonamides is 1. The van der Waals surface area contributed by atoms with Gasteiger partial charge >= 0.3 is 5.97 Å². The van der Waals surface area contributed by atoms with E-state index in [0.717, 1.165) is 9.87 Å². The lowest BCUT2D eigenvalue weighted by atomic mass is 10.0. The lowest BCUT2D eigenvalue weighted by molar-refractivity contribution is -0.137. The summed E-state index contributed by atoms with van der Waals surface area (Å²) < 4.78 is 26.1. The highest BCUT2D eigenvalue weighted by Crippen LogP contribution is 2.20. The molecular formula is C15H23NO4S. The molecular weight excluding hydrogens is 290 g/mol. The molecule has 0 aliphatic heterocycles. The first-order chi connectivity index (χ1) is 9.77. The third-order valence-corrected chi connectivity index (χ3v) is 5.68. The lowest BCUT2D eigenvalue weighted by Gasteiger charge is -2.27. The molecule has 0 aliphatic rings. The Morgan fingerprint density at radius 3 is 2.29 bits per heavy atom. The maximum absolute atomic E-state index is 12.5. The Hall–Kier alpha value is -1.40. The van der Waals surface area contributed by atoms with Crippen molar-refractivity contribution in [2.24, 2.45) is 0 Å². The molecule has 118 valence electrons. The van der Waals surface area contributed by atoms with Crippen molar-refractivity contribution in [3.8, 4) is 0 Å². The molecule has 0 amide bonds. The van der Waals surface area contributed by atoms with E-state index < -0.39 is 22.5 Å². The van der Waals surface area contributed by atoms with Crippen LogP contribution in [-0.2, 0) is 14.8 Å². The summed E-state index contributed by atoms with van der Waals surface area (Å²) in [7, 11) is -3.62. The Labute approximate surface area is 126 Å². The SMILES string of the molecule is CCC(C)N(CC(=O)O)S(=O)(=O)CC(C)c1ccccc1. The van der Waals surface area contributed by atoms with Crippen LogP contribution in [0.4, 0.5) is 0 Å². The molecule has 0 aliphatic carbocycles. The largest absolute Gasteiger partial charge is 0.480 e. The third kappa shape index (κ3) is 5.13. The molecule has 21 heavy (non-hydrogen) atoms. The summed E-state index contributed by atoms with van der Waals surface area (Å²) in [5, 5.41) is 8.94. The van der Waals surface area contributed by atoms with Crippen molar-refractivity contribution in [3.05, 3.63) is 35.9 Å². The molecule has 6 heteroatoms. The second kappa shape index (κ2) is 7.56. The minimum atomic E-state index is -3.62. The number of hydrogen-bond donors (Lipinski definition) is 1. The van der Waals surface area contributed by atoms with Crippen LogP contribution in [0, 0.1) is 0 Å². The molecule has 0 heterocycles. The number of rotatable bonds is 8. The lowest BCUT2D eigenvalue weighted by Crippen LogP contribution is -2.43. The van der Waals surface area contributed by atoms with Gasteiger partial charge < -0.3 is 5.11 Å². The highest BCUT2D eigenvalue weighted by atomic mass is 32.2. The third-order valence-electron chi connectivity index (χ3n) is 3.56. The molecule has 1 rings (SSSR count). The van der Waals surface area contributed by atoms with Crippen molar-refractivity contribution in [1.82, 2.24) is 4.31 Å². The van der Waals surface area contributed by atoms with Crippen LogP contribution in [0.2, 0.25) is 0 Å². The van der Waals surface area contributed by atoms with Gasteiger partial charge in [-0.15, -0.1) is 0 Å². The van der Waals surface area contributed by atoms with E-state index in [2.05, 4.69) is 0 Å². The first-order valence-electron chi connectivity index (χ1n) is 7.04. The highest BCUT2D eigenvalue weighted by molar-refractivity contribution is 7.89. The molecule has 1 aromatic carbocycles. The van der Waals surface area contributed by atoms with Crippen LogP contribution >= 0.6 is 0 Å². The van der Waals surface area contributed by atoms with E-state index in [1.54, 1.807) is 6.92 Å². The van der Waals surface area contributed by atoms with E-state index in [9.17, 15) is 13.2 Å². The van der Waals surface area contributed by atoms with Gasteiger partial charge in [-0.25, -0.2) is 8.42 Å². The minimum Gasteiger partial charge on any atom is -0.480 e. The topological polar surface area (TPSA) is 74.7 Å². The van der Waals surface area contributed by atoms with Crippen LogP contribution in [0.3, 0.4) is 0 Å². The summed E-state index contributed by atoms with van der Waals surface area (Å²) in [6.07, 6.45) is 0.576. The Morgan fingerprint density at radius 1 is 1.24 bits per heavy atom. The molecule has 0 spiro atoms. The molecule has 0 fully saturated rings. The van der Waals surface area contributed by atoms with Crippen LogP contribution in [0.25, 0.3) is 0 Å². The maximum Gasteiger partial charge on any atom is 0.318 e. The summed E-state index contributed by atoms with van der Waals surface area (Å²) >= 11 is 0. The van der Waals surface area contributed by atoms with E-state index in [1.807, 2.05) is 44.2 Å². The average Bonchev–Trinajstić information content (AvgIpc) is 2.44. The van der Waals surface area contributed by atoms with Crippen molar-refractivity contribution in [3.63, 3.8) is 0 Å². The van der Waals surface area contributed by atoms with Crippen molar-refractivity contribution in [2.45, 2.75) is 39.2 Å². The number of aliphatic carboxylic acids is 1. The van der Waals surface area contributed by atoms with Crippen LogP contribution in [0.1, 0.15) is 38.7 Å². The van der Waals surface area contributed by atoms with Gasteiger partial charge in [-0.3, -0.25) is 4.79 Å². The van der Waals surface area contributed by atoms with E-state index in [4.69, 9.17) is 5.11 Å². The molecule has 0 saturated carbocycles.